The van der Waals surface area contributed by atoms with E-state index < -0.39 is 11.9 Å². The van der Waals surface area contributed by atoms with Crippen LogP contribution in [0.25, 0.3) is 0 Å². The number of benzene rings is 2. The fourth-order valence-corrected chi connectivity index (χ4v) is 3.30. The summed E-state index contributed by atoms with van der Waals surface area (Å²) >= 11 is 0. The van der Waals surface area contributed by atoms with Crippen molar-refractivity contribution in [1.82, 2.24) is 15.1 Å². The van der Waals surface area contributed by atoms with Gasteiger partial charge in [0.2, 0.25) is 0 Å². The number of aldehydes is 1. The molecule has 1 aromatic heterocycles. The van der Waals surface area contributed by atoms with Crippen LogP contribution in [0.15, 0.2) is 42.5 Å². The Morgan fingerprint density at radius 3 is 2.48 bits per heavy atom. The molecule has 5 N–H and O–H groups in total. The van der Waals surface area contributed by atoms with Gasteiger partial charge in [-0.2, -0.15) is 5.10 Å². The molecule has 1 atom stereocenters. The molecule has 0 aliphatic rings. The highest BCUT2D eigenvalue weighted by Crippen LogP contribution is 2.33. The molecule has 1 amide bonds. The monoisotopic (exact) mass is 450 g/mol. The van der Waals surface area contributed by atoms with Crippen LogP contribution in [-0.4, -0.2) is 48.7 Å². The van der Waals surface area contributed by atoms with E-state index >= 15 is 0 Å². The van der Waals surface area contributed by atoms with E-state index in [2.05, 4.69) is 10.4 Å². The van der Waals surface area contributed by atoms with Gasteiger partial charge in [0.15, 0.2) is 0 Å². The Balaban J connectivity index is 1.66. The lowest BCUT2D eigenvalue weighted by atomic mass is 10.1. The Labute approximate surface area is 193 Å². The number of carbonyl (C=O) groups is 2. The molecule has 33 heavy (non-hydrogen) atoms. The van der Waals surface area contributed by atoms with Crippen LogP contribution >= 0.6 is 0 Å². The van der Waals surface area contributed by atoms with Gasteiger partial charge in [0.1, 0.15) is 30.4 Å². The molecule has 1 unspecified atom stereocenters. The second kappa shape index (κ2) is 10.1. The fourth-order valence-electron chi connectivity index (χ4n) is 3.30. The average molecular weight is 451 g/mol. The number of hydrogen-bond acceptors (Lipinski definition) is 7. The zero-order chi connectivity index (χ0) is 24.1. The Morgan fingerprint density at radius 1 is 1.18 bits per heavy atom. The van der Waals surface area contributed by atoms with Crippen LogP contribution in [0.1, 0.15) is 27.3 Å². The number of aryl methyl sites for hydroxylation is 2. The van der Waals surface area contributed by atoms with Crippen LogP contribution in [-0.2, 0) is 18.3 Å². The molecule has 0 saturated carbocycles. The van der Waals surface area contributed by atoms with Crippen molar-refractivity contribution >= 4 is 29.3 Å². The molecule has 0 saturated heterocycles. The van der Waals surface area contributed by atoms with E-state index in [1.54, 1.807) is 29.9 Å². The van der Waals surface area contributed by atoms with Crippen molar-refractivity contribution in [3.05, 3.63) is 65.0 Å². The largest absolute Gasteiger partial charge is 0.489 e. The summed E-state index contributed by atoms with van der Waals surface area (Å²) in [5, 5.41) is 6.96. The third-order valence-electron chi connectivity index (χ3n) is 5.26. The smallest absolute Gasteiger partial charge is 0.272 e. The van der Waals surface area contributed by atoms with Crippen molar-refractivity contribution in [3.63, 3.8) is 0 Å². The number of anilines is 3. The highest BCUT2D eigenvalue weighted by atomic mass is 16.5. The van der Waals surface area contributed by atoms with E-state index in [1.165, 1.54) is 5.56 Å². The van der Waals surface area contributed by atoms with E-state index in [0.717, 1.165) is 11.3 Å². The first-order chi connectivity index (χ1) is 15.7. The normalized spacial score (nSPS) is 11.6. The molecule has 174 valence electrons. The number of hydrogen-bond donors (Lipinski definition) is 3. The Kier molecular flexibility index (Phi) is 7.22. The standard InChI is InChI=1S/C24H30N6O3/c1-15-5-7-16(8-6-15)9-18-10-21(28-30(18)4)24(32)27-17(13-31)14-33-23-12-20(26)19(25)11-22(23)29(2)3/h5-8,10-13,17H,9,14,25-26H2,1-4H3,(H,27,32). The molecular formula is C24H30N6O3. The van der Waals surface area contributed by atoms with E-state index in [9.17, 15) is 9.59 Å². The van der Waals surface area contributed by atoms with Crippen LogP contribution < -0.4 is 26.4 Å². The molecule has 2 aromatic carbocycles. The minimum Gasteiger partial charge on any atom is -0.489 e. The van der Waals surface area contributed by atoms with Crippen LogP contribution in [0.5, 0.6) is 5.75 Å². The summed E-state index contributed by atoms with van der Waals surface area (Å²) in [4.78, 5) is 26.1. The summed E-state index contributed by atoms with van der Waals surface area (Å²) in [6, 6.07) is 12.3. The molecule has 1 heterocycles. The topological polar surface area (TPSA) is 128 Å². The minimum absolute atomic E-state index is 0.0670. The number of carbonyl (C=O) groups excluding carboxylic acids is 2. The SMILES string of the molecule is Cc1ccc(Cc2cc(C(=O)NC(C=O)COc3cc(N)c(N)cc3N(C)C)nn2C)cc1. The number of rotatable bonds is 9. The third-order valence-corrected chi connectivity index (χ3v) is 5.26. The van der Waals surface area contributed by atoms with Crippen molar-refractivity contribution in [3.8, 4) is 5.75 Å². The van der Waals surface area contributed by atoms with Gasteiger partial charge >= 0.3 is 0 Å². The minimum atomic E-state index is -0.867. The lowest BCUT2D eigenvalue weighted by Gasteiger charge is -2.21. The number of nitrogens with zero attached hydrogens (tertiary/aromatic N) is 3. The van der Waals surface area contributed by atoms with Crippen LogP contribution in [0.2, 0.25) is 0 Å². The summed E-state index contributed by atoms with van der Waals surface area (Å²) in [7, 11) is 5.47. The number of aromatic nitrogens is 2. The van der Waals surface area contributed by atoms with Crippen molar-refractivity contribution in [2.45, 2.75) is 19.4 Å². The molecule has 0 aliphatic carbocycles. The Hall–Kier alpha value is -4.01. The lowest BCUT2D eigenvalue weighted by Crippen LogP contribution is -2.40. The van der Waals surface area contributed by atoms with E-state index in [1.807, 2.05) is 50.2 Å². The van der Waals surface area contributed by atoms with E-state index in [-0.39, 0.29) is 12.3 Å². The Bertz CT molecular complexity index is 1140. The number of amides is 1. The second-order valence-corrected chi connectivity index (χ2v) is 8.18. The molecule has 3 rings (SSSR count). The first-order valence-corrected chi connectivity index (χ1v) is 10.5. The van der Waals surface area contributed by atoms with Crippen molar-refractivity contribution in [2.24, 2.45) is 7.05 Å². The quantitative estimate of drug-likeness (QED) is 0.336. The van der Waals surface area contributed by atoms with Crippen LogP contribution in [0.4, 0.5) is 17.1 Å². The van der Waals surface area contributed by atoms with E-state index in [0.29, 0.717) is 35.5 Å². The predicted molar refractivity (Wildman–Crippen MR) is 130 cm³/mol. The predicted octanol–water partition coefficient (Wildman–Crippen LogP) is 1.93. The number of nitrogen functional groups attached to an aromatic ring is 2. The molecule has 0 aliphatic heterocycles. The molecule has 0 fully saturated rings. The van der Waals surface area contributed by atoms with Gasteiger partial charge < -0.3 is 31.2 Å². The molecule has 0 radical (unpaired) electrons. The van der Waals surface area contributed by atoms with Gasteiger partial charge in [0, 0.05) is 39.3 Å². The highest BCUT2D eigenvalue weighted by molar-refractivity contribution is 5.94. The third kappa shape index (κ3) is 5.82. The van der Waals surface area contributed by atoms with Crippen LogP contribution in [0, 0.1) is 6.92 Å². The molecule has 0 spiro atoms. The summed E-state index contributed by atoms with van der Waals surface area (Å²) in [5.41, 5.74) is 16.7. The molecular weight excluding hydrogens is 420 g/mol. The van der Waals surface area contributed by atoms with Crippen LogP contribution in [0.3, 0.4) is 0 Å². The number of ether oxygens (including phenoxy) is 1. The van der Waals surface area contributed by atoms with Crippen molar-refractivity contribution in [1.29, 1.82) is 0 Å². The maximum Gasteiger partial charge on any atom is 0.272 e. The summed E-state index contributed by atoms with van der Waals surface area (Å²) in [5.74, 6) is 0.0112. The van der Waals surface area contributed by atoms with Gasteiger partial charge in [0.05, 0.1) is 17.1 Å². The summed E-state index contributed by atoms with van der Waals surface area (Å²) in [6.07, 6.45) is 1.27. The van der Waals surface area contributed by atoms with Gasteiger partial charge in [-0.3, -0.25) is 9.48 Å². The zero-order valence-corrected chi connectivity index (χ0v) is 19.3. The maximum absolute atomic E-state index is 12.7. The number of nitrogens with one attached hydrogen (secondary N) is 1. The number of nitrogens with two attached hydrogens (primary N) is 2. The second-order valence-electron chi connectivity index (χ2n) is 8.18. The summed E-state index contributed by atoms with van der Waals surface area (Å²) in [6.45, 7) is 1.97. The lowest BCUT2D eigenvalue weighted by molar-refractivity contribution is -0.110. The van der Waals surface area contributed by atoms with Gasteiger partial charge in [0.25, 0.3) is 5.91 Å². The van der Waals surface area contributed by atoms with E-state index in [4.69, 9.17) is 16.2 Å². The molecule has 9 heteroatoms. The Morgan fingerprint density at radius 2 is 1.85 bits per heavy atom. The maximum atomic E-state index is 12.7. The van der Waals surface area contributed by atoms with Gasteiger partial charge in [-0.25, -0.2) is 0 Å². The first kappa shape index (κ1) is 23.6. The van der Waals surface area contributed by atoms with Gasteiger partial charge in [-0.15, -0.1) is 0 Å². The molecule has 9 nitrogen and oxygen atoms in total. The van der Waals surface area contributed by atoms with Gasteiger partial charge in [-0.1, -0.05) is 29.8 Å². The van der Waals surface area contributed by atoms with Gasteiger partial charge in [-0.05, 0) is 24.6 Å². The summed E-state index contributed by atoms with van der Waals surface area (Å²) < 4.78 is 7.46. The zero-order valence-electron chi connectivity index (χ0n) is 19.3. The highest BCUT2D eigenvalue weighted by Gasteiger charge is 2.19. The van der Waals surface area contributed by atoms with Crippen molar-refractivity contribution in [2.75, 3.05) is 37.1 Å². The average Bonchev–Trinajstić information content (AvgIpc) is 3.14. The fraction of sp³-hybridized carbons (Fsp3) is 0.292. The molecule has 3 aromatic rings. The molecule has 0 bridgehead atoms. The van der Waals surface area contributed by atoms with Crippen molar-refractivity contribution < 1.29 is 14.3 Å². The first-order valence-electron chi connectivity index (χ1n) is 10.5.